The van der Waals surface area contributed by atoms with E-state index in [0.29, 0.717) is 0 Å². The molecule has 1 fully saturated rings. The third-order valence-electron chi connectivity index (χ3n) is 5.33. The van der Waals surface area contributed by atoms with Gasteiger partial charge < -0.3 is 10.6 Å². The maximum atomic E-state index is 12.4. The smallest absolute Gasteiger partial charge is 0.332 e. The molecule has 4 rings (SSSR count). The van der Waals surface area contributed by atoms with Crippen molar-refractivity contribution >= 4 is 27.6 Å². The maximum Gasteiger partial charge on any atom is 0.332 e. The lowest BCUT2D eigenvalue weighted by atomic mass is 9.99. The number of anilines is 1. The Bertz CT molecular complexity index is 831. The summed E-state index contributed by atoms with van der Waals surface area (Å²) in [5.41, 5.74) is 5.63. The van der Waals surface area contributed by atoms with Crippen molar-refractivity contribution in [2.45, 2.75) is 50.2 Å². The van der Waals surface area contributed by atoms with E-state index in [0.717, 1.165) is 55.3 Å². The molecule has 1 heterocycles. The minimum atomic E-state index is -3.89. The minimum Gasteiger partial charge on any atom is -0.355 e. The normalized spacial score (nSPS) is 21.6. The molecule has 3 N–H and O–H groups in total. The van der Waals surface area contributed by atoms with Crippen LogP contribution in [0.3, 0.4) is 0 Å². The van der Waals surface area contributed by atoms with Crippen molar-refractivity contribution < 1.29 is 18.0 Å². The molecule has 7 nitrogen and oxygen atoms in total. The van der Waals surface area contributed by atoms with Gasteiger partial charge in [-0.25, -0.2) is 17.9 Å². The van der Waals surface area contributed by atoms with E-state index in [1.165, 1.54) is 11.1 Å². The quantitative estimate of drug-likeness (QED) is 0.745. The zero-order chi connectivity index (χ0) is 17.6. The lowest BCUT2D eigenvalue weighted by molar-refractivity contribution is -0.119. The third-order valence-corrected chi connectivity index (χ3v) is 7.01. The number of urea groups is 1. The van der Waals surface area contributed by atoms with Gasteiger partial charge in [0.05, 0.1) is 0 Å². The Morgan fingerprint density at radius 2 is 1.72 bits per heavy atom. The van der Waals surface area contributed by atoms with Crippen LogP contribution in [0, 0.1) is 0 Å². The molecule has 1 aromatic rings. The topological polar surface area (TPSA) is 104 Å². The zero-order valence-electron chi connectivity index (χ0n) is 13.9. The number of carbonyl (C=O) groups is 2. The van der Waals surface area contributed by atoms with Gasteiger partial charge in [0, 0.05) is 18.7 Å². The largest absolute Gasteiger partial charge is 0.355 e. The molecule has 0 spiro atoms. The molecule has 0 aromatic heterocycles. The lowest BCUT2D eigenvalue weighted by Crippen LogP contribution is -2.41. The number of amides is 3. The van der Waals surface area contributed by atoms with Gasteiger partial charge in [-0.15, -0.1) is 0 Å². The molecule has 0 bridgehead atoms. The number of fused-ring (bicyclic) bond motifs is 2. The molecule has 8 heteroatoms. The highest BCUT2D eigenvalue weighted by molar-refractivity contribution is 7.90. The van der Waals surface area contributed by atoms with Crippen LogP contribution in [0.15, 0.2) is 6.07 Å². The van der Waals surface area contributed by atoms with Gasteiger partial charge in [0.1, 0.15) is 5.25 Å². The number of benzene rings is 1. The number of nitrogens with one attached hydrogen (secondary N) is 3. The highest BCUT2D eigenvalue weighted by Crippen LogP contribution is 2.38. The minimum absolute atomic E-state index is 0.0393. The molecule has 134 valence electrons. The molecule has 0 radical (unpaired) electrons. The lowest BCUT2D eigenvalue weighted by Gasteiger charge is -2.17. The number of aryl methyl sites for hydroxylation is 2. The summed E-state index contributed by atoms with van der Waals surface area (Å²) in [6.45, 7) is 0.0393. The molecule has 0 saturated carbocycles. The summed E-state index contributed by atoms with van der Waals surface area (Å²) in [6, 6.07) is 1.51. The van der Waals surface area contributed by atoms with Crippen LogP contribution in [-0.4, -0.2) is 32.2 Å². The molecule has 1 aromatic carbocycles. The summed E-state index contributed by atoms with van der Waals surface area (Å²) in [7, 11) is -3.89. The fraction of sp³-hybridized carbons (Fsp3) is 0.529. The first-order valence-electron chi connectivity index (χ1n) is 8.70. The van der Waals surface area contributed by atoms with Crippen LogP contribution in [0.5, 0.6) is 0 Å². The van der Waals surface area contributed by atoms with Gasteiger partial charge in [-0.05, 0) is 60.8 Å². The fourth-order valence-electron chi connectivity index (χ4n) is 4.12. The summed E-state index contributed by atoms with van der Waals surface area (Å²) in [5, 5.41) is 4.37. The van der Waals surface area contributed by atoms with Crippen molar-refractivity contribution in [2.24, 2.45) is 0 Å². The van der Waals surface area contributed by atoms with E-state index in [-0.39, 0.29) is 18.9 Å². The van der Waals surface area contributed by atoms with E-state index in [9.17, 15) is 18.0 Å². The Labute approximate surface area is 146 Å². The molecule has 25 heavy (non-hydrogen) atoms. The van der Waals surface area contributed by atoms with Gasteiger partial charge in [-0.3, -0.25) is 4.79 Å². The van der Waals surface area contributed by atoms with Crippen molar-refractivity contribution in [1.82, 2.24) is 10.0 Å². The summed E-state index contributed by atoms with van der Waals surface area (Å²) in [6.07, 6.45) is 5.84. The monoisotopic (exact) mass is 363 g/mol. The Morgan fingerprint density at radius 3 is 2.28 bits per heavy atom. The van der Waals surface area contributed by atoms with E-state index in [1.54, 1.807) is 0 Å². The summed E-state index contributed by atoms with van der Waals surface area (Å²) < 4.78 is 26.6. The summed E-state index contributed by atoms with van der Waals surface area (Å²) in [5.74, 6) is -0.311. The van der Waals surface area contributed by atoms with Gasteiger partial charge in [-0.2, -0.15) is 0 Å². The number of hydrogen-bond donors (Lipinski definition) is 3. The van der Waals surface area contributed by atoms with Gasteiger partial charge in [-0.1, -0.05) is 6.07 Å². The second-order valence-corrected chi connectivity index (χ2v) is 8.93. The van der Waals surface area contributed by atoms with Crippen LogP contribution in [0.4, 0.5) is 10.5 Å². The molecule has 3 amide bonds. The van der Waals surface area contributed by atoms with Gasteiger partial charge in [0.2, 0.25) is 15.9 Å². The molecule has 1 saturated heterocycles. The Balaban J connectivity index is 1.55. The summed E-state index contributed by atoms with van der Waals surface area (Å²) >= 11 is 0. The second-order valence-electron chi connectivity index (χ2n) is 6.97. The first-order valence-corrected chi connectivity index (χ1v) is 10.2. The number of rotatable bonds is 3. The Morgan fingerprint density at radius 1 is 1.08 bits per heavy atom. The number of sulfonamides is 1. The molecule has 3 aliphatic rings. The molecular weight excluding hydrogens is 342 g/mol. The standard InChI is InChI=1S/C17H21N3O4S/c21-15-8-12(9-18-15)25(23,24)20-17(22)19-16-13-5-1-3-10(13)7-11-4-2-6-14(11)16/h7,12H,1-6,8-9H2,(H,18,21)(H2,19,20,22). The number of carbonyl (C=O) groups excluding carboxylic acids is 2. The Hall–Kier alpha value is -2.09. The van der Waals surface area contributed by atoms with Crippen LogP contribution in [-0.2, 0) is 40.5 Å². The molecular formula is C17H21N3O4S. The van der Waals surface area contributed by atoms with Gasteiger partial charge >= 0.3 is 6.03 Å². The van der Waals surface area contributed by atoms with Crippen molar-refractivity contribution in [3.8, 4) is 0 Å². The van der Waals surface area contributed by atoms with Crippen LogP contribution in [0.2, 0.25) is 0 Å². The third kappa shape index (κ3) is 2.99. The van der Waals surface area contributed by atoms with E-state index in [4.69, 9.17) is 0 Å². The zero-order valence-corrected chi connectivity index (χ0v) is 14.7. The molecule has 2 aliphatic carbocycles. The molecule has 1 unspecified atom stereocenters. The van der Waals surface area contributed by atoms with Crippen LogP contribution >= 0.6 is 0 Å². The first kappa shape index (κ1) is 16.4. The van der Waals surface area contributed by atoms with Crippen LogP contribution < -0.4 is 15.4 Å². The van der Waals surface area contributed by atoms with Crippen molar-refractivity contribution in [3.63, 3.8) is 0 Å². The van der Waals surface area contributed by atoms with Gasteiger partial charge in [0.15, 0.2) is 0 Å². The van der Waals surface area contributed by atoms with E-state index < -0.39 is 21.3 Å². The fourth-order valence-corrected chi connectivity index (χ4v) is 5.27. The van der Waals surface area contributed by atoms with Crippen molar-refractivity contribution in [3.05, 3.63) is 28.3 Å². The predicted octanol–water partition coefficient (Wildman–Crippen LogP) is 1.00. The van der Waals surface area contributed by atoms with Crippen LogP contribution in [0.25, 0.3) is 0 Å². The highest BCUT2D eigenvalue weighted by atomic mass is 32.2. The maximum absolute atomic E-state index is 12.4. The molecule has 1 atom stereocenters. The van der Waals surface area contributed by atoms with E-state index in [1.807, 2.05) is 0 Å². The highest BCUT2D eigenvalue weighted by Gasteiger charge is 2.34. The average molecular weight is 363 g/mol. The van der Waals surface area contributed by atoms with Crippen molar-refractivity contribution in [2.75, 3.05) is 11.9 Å². The summed E-state index contributed by atoms with van der Waals surface area (Å²) in [4.78, 5) is 23.6. The number of hydrogen-bond acceptors (Lipinski definition) is 4. The van der Waals surface area contributed by atoms with Gasteiger partial charge in [0.25, 0.3) is 0 Å². The van der Waals surface area contributed by atoms with Crippen LogP contribution in [0.1, 0.15) is 41.5 Å². The second kappa shape index (κ2) is 6.01. The molecule has 1 aliphatic heterocycles. The SMILES string of the molecule is O=C1CC(S(=O)(=O)NC(=O)Nc2c3c(cc4c2CCC4)CCC3)CN1. The first-order chi connectivity index (χ1) is 11.9. The predicted molar refractivity (Wildman–Crippen MR) is 93.0 cm³/mol. The van der Waals surface area contributed by atoms with E-state index >= 15 is 0 Å². The Kier molecular flexibility index (Phi) is 3.94. The van der Waals surface area contributed by atoms with Crippen molar-refractivity contribution in [1.29, 1.82) is 0 Å². The average Bonchev–Trinajstić information content (AvgIpc) is 3.25. The van der Waals surface area contributed by atoms with E-state index in [2.05, 4.69) is 21.4 Å².